The zero-order valence-corrected chi connectivity index (χ0v) is 12.4. The number of thioether (sulfide) groups is 1. The van der Waals surface area contributed by atoms with Crippen molar-refractivity contribution >= 4 is 23.5 Å². The van der Waals surface area contributed by atoms with E-state index in [0.29, 0.717) is 5.82 Å². The number of aryl methyl sites for hydroxylation is 1. The number of nitrogens with zero attached hydrogens (tertiary/aromatic N) is 2. The molecule has 2 rings (SSSR count). The molecule has 0 aliphatic carbocycles. The van der Waals surface area contributed by atoms with E-state index in [-0.39, 0.29) is 12.1 Å². The lowest BCUT2D eigenvalue weighted by Crippen LogP contribution is -2.31. The van der Waals surface area contributed by atoms with Crippen LogP contribution in [0.3, 0.4) is 0 Å². The molecule has 2 aromatic rings. The lowest BCUT2D eigenvalue weighted by Gasteiger charge is -2.13. The monoisotopic (exact) mass is 291 g/mol. The molecule has 20 heavy (non-hydrogen) atoms. The van der Waals surface area contributed by atoms with Gasteiger partial charge in [-0.25, -0.2) is 9.78 Å². The van der Waals surface area contributed by atoms with E-state index in [9.17, 15) is 4.79 Å². The average Bonchev–Trinajstić information content (AvgIpc) is 2.86. The Balaban J connectivity index is 1.98. The summed E-state index contributed by atoms with van der Waals surface area (Å²) < 4.78 is 0. The molecule has 0 unspecified atom stereocenters. The molecule has 1 heterocycles. The van der Waals surface area contributed by atoms with Crippen LogP contribution in [0.25, 0.3) is 0 Å². The van der Waals surface area contributed by atoms with Crippen LogP contribution in [-0.4, -0.2) is 27.5 Å². The molecule has 0 saturated carbocycles. The zero-order chi connectivity index (χ0) is 14.5. The summed E-state index contributed by atoms with van der Waals surface area (Å²) in [6.45, 7) is 3.65. The molecule has 0 saturated heterocycles. The van der Waals surface area contributed by atoms with Crippen molar-refractivity contribution in [2.75, 3.05) is 11.6 Å². The number of aromatic nitrogens is 3. The summed E-state index contributed by atoms with van der Waals surface area (Å²) in [4.78, 5) is 17.2. The first-order valence-electron chi connectivity index (χ1n) is 6.19. The van der Waals surface area contributed by atoms with Crippen molar-refractivity contribution in [3.63, 3.8) is 0 Å². The highest BCUT2D eigenvalue weighted by Gasteiger charge is 2.14. The standard InChI is InChI=1S/C13H17N5OS/c1-8(12-15-9(2)17-18-12)14-13(19)16-10-6-4-5-7-11(10)20-3/h4-8H,1-3H3,(H2,14,16,19)(H,15,17,18)/t8-/m0/s1. The molecule has 1 aromatic heterocycles. The minimum Gasteiger partial charge on any atom is -0.328 e. The minimum atomic E-state index is -0.276. The van der Waals surface area contributed by atoms with Gasteiger partial charge in [-0.05, 0) is 32.2 Å². The number of anilines is 1. The summed E-state index contributed by atoms with van der Waals surface area (Å²) in [7, 11) is 0. The predicted molar refractivity (Wildman–Crippen MR) is 79.9 cm³/mol. The van der Waals surface area contributed by atoms with Gasteiger partial charge in [0.2, 0.25) is 0 Å². The highest BCUT2D eigenvalue weighted by atomic mass is 32.2. The van der Waals surface area contributed by atoms with E-state index in [1.54, 1.807) is 11.8 Å². The Kier molecular flexibility index (Phi) is 4.62. The summed E-state index contributed by atoms with van der Waals surface area (Å²) in [6, 6.07) is 7.11. The van der Waals surface area contributed by atoms with Gasteiger partial charge in [-0.1, -0.05) is 12.1 Å². The number of H-pyrrole nitrogens is 1. The molecule has 7 heteroatoms. The maximum atomic E-state index is 12.0. The largest absolute Gasteiger partial charge is 0.328 e. The van der Waals surface area contributed by atoms with Crippen LogP contribution < -0.4 is 10.6 Å². The van der Waals surface area contributed by atoms with Crippen molar-refractivity contribution in [2.24, 2.45) is 0 Å². The number of rotatable bonds is 4. The predicted octanol–water partition coefficient (Wildman–Crippen LogP) is 2.72. The molecule has 1 aromatic carbocycles. The van der Waals surface area contributed by atoms with Gasteiger partial charge in [-0.15, -0.1) is 11.8 Å². The van der Waals surface area contributed by atoms with E-state index in [4.69, 9.17) is 0 Å². The Bertz CT molecular complexity index is 598. The van der Waals surface area contributed by atoms with E-state index in [1.165, 1.54) is 0 Å². The van der Waals surface area contributed by atoms with Gasteiger partial charge in [0.25, 0.3) is 0 Å². The molecule has 0 spiro atoms. The molecule has 0 aliphatic rings. The zero-order valence-electron chi connectivity index (χ0n) is 11.6. The van der Waals surface area contributed by atoms with Crippen LogP contribution in [0.4, 0.5) is 10.5 Å². The van der Waals surface area contributed by atoms with Gasteiger partial charge in [0.15, 0.2) is 5.82 Å². The number of aromatic amines is 1. The third kappa shape index (κ3) is 3.51. The van der Waals surface area contributed by atoms with Crippen LogP contribution in [-0.2, 0) is 0 Å². The molecular formula is C13H17N5OS. The highest BCUT2D eigenvalue weighted by Crippen LogP contribution is 2.24. The maximum Gasteiger partial charge on any atom is 0.319 e. The van der Waals surface area contributed by atoms with Gasteiger partial charge in [-0.2, -0.15) is 5.10 Å². The number of para-hydroxylation sites is 1. The summed E-state index contributed by atoms with van der Waals surface area (Å²) in [5, 5.41) is 12.4. The van der Waals surface area contributed by atoms with Crippen LogP contribution in [0, 0.1) is 6.92 Å². The molecular weight excluding hydrogens is 274 g/mol. The van der Waals surface area contributed by atoms with Gasteiger partial charge < -0.3 is 10.6 Å². The van der Waals surface area contributed by atoms with Crippen molar-refractivity contribution in [1.82, 2.24) is 20.5 Å². The number of hydrogen-bond donors (Lipinski definition) is 3. The second kappa shape index (κ2) is 6.42. The fraction of sp³-hybridized carbons (Fsp3) is 0.308. The normalized spacial score (nSPS) is 11.9. The topological polar surface area (TPSA) is 82.7 Å². The highest BCUT2D eigenvalue weighted by molar-refractivity contribution is 7.98. The molecule has 3 N–H and O–H groups in total. The number of nitrogens with one attached hydrogen (secondary N) is 3. The van der Waals surface area contributed by atoms with E-state index >= 15 is 0 Å². The second-order valence-corrected chi connectivity index (χ2v) is 5.15. The number of carbonyl (C=O) groups is 1. The summed E-state index contributed by atoms with van der Waals surface area (Å²) in [5.74, 6) is 1.29. The first-order valence-corrected chi connectivity index (χ1v) is 7.42. The second-order valence-electron chi connectivity index (χ2n) is 4.30. The van der Waals surface area contributed by atoms with Crippen LogP contribution in [0.15, 0.2) is 29.2 Å². The molecule has 0 aliphatic heterocycles. The quantitative estimate of drug-likeness (QED) is 0.756. The summed E-state index contributed by atoms with van der Waals surface area (Å²) in [5.41, 5.74) is 0.788. The maximum absolute atomic E-state index is 12.0. The first kappa shape index (κ1) is 14.4. The third-order valence-corrected chi connectivity index (χ3v) is 3.50. The van der Waals surface area contributed by atoms with Gasteiger partial charge in [0.05, 0.1) is 11.7 Å². The molecule has 0 bridgehead atoms. The van der Waals surface area contributed by atoms with Crippen molar-refractivity contribution in [3.05, 3.63) is 35.9 Å². The van der Waals surface area contributed by atoms with Gasteiger partial charge in [-0.3, -0.25) is 5.10 Å². The van der Waals surface area contributed by atoms with Crippen molar-refractivity contribution in [1.29, 1.82) is 0 Å². The number of benzene rings is 1. The van der Waals surface area contributed by atoms with E-state index < -0.39 is 0 Å². The van der Waals surface area contributed by atoms with E-state index in [2.05, 4.69) is 25.8 Å². The fourth-order valence-electron chi connectivity index (χ4n) is 1.72. The third-order valence-electron chi connectivity index (χ3n) is 2.70. The Morgan fingerprint density at radius 3 is 2.80 bits per heavy atom. The Morgan fingerprint density at radius 2 is 2.15 bits per heavy atom. The Morgan fingerprint density at radius 1 is 1.40 bits per heavy atom. The van der Waals surface area contributed by atoms with Gasteiger partial charge in [0, 0.05) is 4.90 Å². The van der Waals surface area contributed by atoms with Gasteiger partial charge >= 0.3 is 6.03 Å². The van der Waals surface area contributed by atoms with Crippen LogP contribution >= 0.6 is 11.8 Å². The Labute approximate surface area is 121 Å². The Hall–Kier alpha value is -2.02. The molecule has 6 nitrogen and oxygen atoms in total. The van der Waals surface area contributed by atoms with Crippen molar-refractivity contribution < 1.29 is 4.79 Å². The molecule has 0 radical (unpaired) electrons. The van der Waals surface area contributed by atoms with E-state index in [1.807, 2.05) is 44.4 Å². The number of amides is 2. The SMILES string of the molecule is CSc1ccccc1NC(=O)N[C@@H](C)c1n[nH]c(C)n1. The fourth-order valence-corrected chi connectivity index (χ4v) is 2.27. The lowest BCUT2D eigenvalue weighted by molar-refractivity contribution is 0.249. The van der Waals surface area contributed by atoms with Crippen LogP contribution in [0.5, 0.6) is 0 Å². The van der Waals surface area contributed by atoms with Crippen LogP contribution in [0.1, 0.15) is 24.6 Å². The average molecular weight is 291 g/mol. The minimum absolute atomic E-state index is 0.263. The molecule has 2 amide bonds. The summed E-state index contributed by atoms with van der Waals surface area (Å²) in [6.07, 6.45) is 1.97. The number of urea groups is 1. The lowest BCUT2D eigenvalue weighted by atomic mass is 10.3. The molecule has 0 fully saturated rings. The van der Waals surface area contributed by atoms with Gasteiger partial charge in [0.1, 0.15) is 5.82 Å². The van der Waals surface area contributed by atoms with Crippen molar-refractivity contribution in [3.8, 4) is 0 Å². The molecule has 1 atom stereocenters. The van der Waals surface area contributed by atoms with Crippen LogP contribution in [0.2, 0.25) is 0 Å². The summed E-state index contributed by atoms with van der Waals surface area (Å²) >= 11 is 1.58. The number of carbonyl (C=O) groups excluding carboxylic acids is 1. The number of hydrogen-bond acceptors (Lipinski definition) is 4. The molecule has 106 valence electrons. The van der Waals surface area contributed by atoms with Crippen molar-refractivity contribution in [2.45, 2.75) is 24.8 Å². The van der Waals surface area contributed by atoms with E-state index in [0.717, 1.165) is 16.4 Å². The smallest absolute Gasteiger partial charge is 0.319 e. The first-order chi connectivity index (χ1) is 9.60.